The number of halogens is 9. The van der Waals surface area contributed by atoms with Gasteiger partial charge in [0.05, 0.1) is 0 Å². The van der Waals surface area contributed by atoms with Crippen molar-refractivity contribution < 1.29 is 49.1 Å². The lowest BCUT2D eigenvalue weighted by Gasteiger charge is -2.41. The molecule has 1 aliphatic rings. The van der Waals surface area contributed by atoms with Crippen LogP contribution in [0.2, 0.25) is 0 Å². The zero-order valence-electron chi connectivity index (χ0n) is 16.7. The number of urea groups is 2. The zero-order valence-corrected chi connectivity index (χ0v) is 16.7. The minimum absolute atomic E-state index is 0.0179. The monoisotopic (exact) mass is 505 g/mol. The van der Waals surface area contributed by atoms with Crippen LogP contribution in [0.25, 0.3) is 0 Å². The van der Waals surface area contributed by atoms with Gasteiger partial charge in [-0.2, -0.15) is 0 Å². The highest BCUT2D eigenvalue weighted by atomic mass is 19.2. The van der Waals surface area contributed by atoms with Gasteiger partial charge >= 0.3 is 12.1 Å². The van der Waals surface area contributed by atoms with Crippen molar-refractivity contribution in [2.45, 2.75) is 0 Å². The van der Waals surface area contributed by atoms with Crippen molar-refractivity contribution in [3.8, 4) is 0 Å². The number of hydrogen-bond donors (Lipinski definition) is 0. The molecule has 0 N–H and O–H groups in total. The number of rotatable bonds is 3. The first kappa shape index (κ1) is 23.9. The number of benzene rings is 3. The SMILES string of the molecule is O=C1N(c2c(F)cc(F)cc2F)CN(c2c(F)cc(F)cc2F)C(=O)N1c1c(F)cc(F)cc1F. The van der Waals surface area contributed by atoms with Gasteiger partial charge in [0, 0.05) is 36.4 Å². The predicted octanol–water partition coefficient (Wildman–Crippen LogP) is 5.97. The third kappa shape index (κ3) is 4.00. The van der Waals surface area contributed by atoms with Gasteiger partial charge in [-0.15, -0.1) is 0 Å². The predicted molar refractivity (Wildman–Crippen MR) is 102 cm³/mol. The van der Waals surface area contributed by atoms with Gasteiger partial charge < -0.3 is 0 Å². The van der Waals surface area contributed by atoms with Crippen molar-refractivity contribution in [1.29, 1.82) is 0 Å². The summed E-state index contributed by atoms with van der Waals surface area (Å²) in [5, 5.41) is 0. The summed E-state index contributed by atoms with van der Waals surface area (Å²) >= 11 is 0. The van der Waals surface area contributed by atoms with E-state index in [1.165, 1.54) is 0 Å². The molecule has 0 unspecified atom stereocenters. The van der Waals surface area contributed by atoms with Gasteiger partial charge in [0.1, 0.15) is 41.2 Å². The van der Waals surface area contributed by atoms with Gasteiger partial charge in [-0.05, 0) is 0 Å². The number of carbonyl (C=O) groups excluding carboxylic acids is 2. The standard InChI is InChI=1S/C21H8F9N3O2/c22-8-1-11(25)17(12(26)2-8)31-7-32(18-13(27)3-9(23)4-14(18)28)21(35)33(20(31)34)19-15(29)5-10(24)6-16(19)30/h1-6H,7H2. The molecule has 0 bridgehead atoms. The van der Waals surface area contributed by atoms with Crippen LogP contribution in [-0.2, 0) is 0 Å². The lowest BCUT2D eigenvalue weighted by Crippen LogP contribution is -2.63. The second-order valence-corrected chi connectivity index (χ2v) is 7.05. The van der Waals surface area contributed by atoms with E-state index in [0.29, 0.717) is 0 Å². The van der Waals surface area contributed by atoms with E-state index in [0.717, 1.165) is 0 Å². The average Bonchev–Trinajstić information content (AvgIpc) is 2.71. The Morgan fingerprint density at radius 2 is 0.714 bits per heavy atom. The van der Waals surface area contributed by atoms with Gasteiger partial charge in [0.2, 0.25) is 0 Å². The summed E-state index contributed by atoms with van der Waals surface area (Å²) in [6, 6.07) is -3.10. The average molecular weight is 505 g/mol. The Labute approximate surface area is 189 Å². The van der Waals surface area contributed by atoms with E-state index in [2.05, 4.69) is 0 Å². The molecule has 4 rings (SSSR count). The van der Waals surface area contributed by atoms with Crippen LogP contribution < -0.4 is 14.7 Å². The Morgan fingerprint density at radius 3 is 1.00 bits per heavy atom. The fourth-order valence-corrected chi connectivity index (χ4v) is 3.44. The van der Waals surface area contributed by atoms with Crippen molar-refractivity contribution in [3.63, 3.8) is 0 Å². The molecule has 14 heteroatoms. The summed E-state index contributed by atoms with van der Waals surface area (Å²) in [5.41, 5.74) is -4.27. The van der Waals surface area contributed by atoms with E-state index in [-0.39, 0.29) is 46.2 Å². The summed E-state index contributed by atoms with van der Waals surface area (Å²) in [7, 11) is 0. The zero-order chi connectivity index (χ0) is 25.8. The number of anilines is 3. The summed E-state index contributed by atoms with van der Waals surface area (Å²) in [4.78, 5) is 25.6. The molecule has 1 fully saturated rings. The largest absolute Gasteiger partial charge is 0.339 e. The molecule has 1 heterocycles. The summed E-state index contributed by atoms with van der Waals surface area (Å²) in [5.74, 6) is -14.9. The topological polar surface area (TPSA) is 43.9 Å². The first-order valence-corrected chi connectivity index (χ1v) is 9.27. The van der Waals surface area contributed by atoms with Gasteiger partial charge in [0.15, 0.2) is 34.9 Å². The van der Waals surface area contributed by atoms with Crippen LogP contribution in [0.4, 0.5) is 66.2 Å². The third-order valence-corrected chi connectivity index (χ3v) is 4.84. The van der Waals surface area contributed by atoms with E-state index < -0.39 is 93.0 Å². The van der Waals surface area contributed by atoms with Crippen LogP contribution >= 0.6 is 0 Å². The quantitative estimate of drug-likeness (QED) is 0.412. The van der Waals surface area contributed by atoms with E-state index in [1.807, 2.05) is 0 Å². The highest BCUT2D eigenvalue weighted by Crippen LogP contribution is 2.36. The fourth-order valence-electron chi connectivity index (χ4n) is 3.44. The Bertz CT molecular complexity index is 1250. The lowest BCUT2D eigenvalue weighted by molar-refractivity contribution is 0.234. The first-order chi connectivity index (χ1) is 16.4. The molecule has 0 spiro atoms. The molecule has 1 saturated heterocycles. The van der Waals surface area contributed by atoms with Crippen molar-refractivity contribution in [2.24, 2.45) is 0 Å². The molecular formula is C21H8F9N3O2. The van der Waals surface area contributed by atoms with Crippen LogP contribution in [-0.4, -0.2) is 18.7 Å². The molecule has 0 radical (unpaired) electrons. The second-order valence-electron chi connectivity index (χ2n) is 7.05. The van der Waals surface area contributed by atoms with Gasteiger partial charge in [-0.1, -0.05) is 0 Å². The third-order valence-electron chi connectivity index (χ3n) is 4.84. The van der Waals surface area contributed by atoms with Crippen LogP contribution in [0.3, 0.4) is 0 Å². The van der Waals surface area contributed by atoms with Crippen LogP contribution in [0.15, 0.2) is 36.4 Å². The molecule has 0 atom stereocenters. The van der Waals surface area contributed by atoms with Gasteiger partial charge in [0.25, 0.3) is 0 Å². The molecule has 0 saturated carbocycles. The van der Waals surface area contributed by atoms with Gasteiger partial charge in [-0.25, -0.2) is 54.0 Å². The van der Waals surface area contributed by atoms with Crippen molar-refractivity contribution in [3.05, 3.63) is 88.8 Å². The van der Waals surface area contributed by atoms with Crippen molar-refractivity contribution in [1.82, 2.24) is 0 Å². The van der Waals surface area contributed by atoms with Crippen LogP contribution in [0, 0.1) is 52.4 Å². The number of imide groups is 1. The molecule has 1 aliphatic heterocycles. The molecule has 0 aromatic heterocycles. The Kier molecular flexibility index (Phi) is 5.82. The summed E-state index contributed by atoms with van der Waals surface area (Å²) in [6.45, 7) is -1.36. The number of hydrogen-bond acceptors (Lipinski definition) is 2. The lowest BCUT2D eigenvalue weighted by atomic mass is 10.2. The molecular weight excluding hydrogens is 497 g/mol. The number of carbonyl (C=O) groups is 2. The van der Waals surface area contributed by atoms with Crippen molar-refractivity contribution in [2.75, 3.05) is 21.4 Å². The van der Waals surface area contributed by atoms with E-state index in [9.17, 15) is 49.1 Å². The number of nitrogens with zero attached hydrogens (tertiary/aromatic N) is 3. The second kappa shape index (κ2) is 8.52. The maximum Gasteiger partial charge on any atom is 0.339 e. The van der Waals surface area contributed by atoms with Crippen LogP contribution in [0.1, 0.15) is 0 Å². The van der Waals surface area contributed by atoms with E-state index in [1.54, 1.807) is 0 Å². The fraction of sp³-hybridized carbons (Fsp3) is 0.0476. The molecule has 3 aromatic rings. The van der Waals surface area contributed by atoms with E-state index in [4.69, 9.17) is 0 Å². The minimum Gasteiger partial charge on any atom is -0.269 e. The Hall–Kier alpha value is -4.23. The Morgan fingerprint density at radius 1 is 0.457 bits per heavy atom. The highest BCUT2D eigenvalue weighted by Gasteiger charge is 2.45. The molecule has 35 heavy (non-hydrogen) atoms. The van der Waals surface area contributed by atoms with Crippen LogP contribution in [0.5, 0.6) is 0 Å². The normalized spacial score (nSPS) is 14.3. The molecule has 3 aromatic carbocycles. The number of amides is 4. The summed E-state index contributed by atoms with van der Waals surface area (Å²) < 4.78 is 127. The maximum atomic E-state index is 14.5. The molecule has 4 amide bonds. The van der Waals surface area contributed by atoms with Gasteiger partial charge in [-0.3, -0.25) is 9.80 Å². The maximum absolute atomic E-state index is 14.5. The van der Waals surface area contributed by atoms with E-state index >= 15 is 0 Å². The molecule has 5 nitrogen and oxygen atoms in total. The smallest absolute Gasteiger partial charge is 0.269 e. The Balaban J connectivity index is 1.98. The molecule has 182 valence electrons. The van der Waals surface area contributed by atoms with Crippen molar-refractivity contribution >= 4 is 29.1 Å². The summed E-state index contributed by atoms with van der Waals surface area (Å²) in [6.07, 6.45) is 0. The first-order valence-electron chi connectivity index (χ1n) is 9.27. The highest BCUT2D eigenvalue weighted by molar-refractivity contribution is 6.25. The molecule has 0 aliphatic carbocycles. The minimum atomic E-state index is -1.84.